The molecule has 0 aromatic heterocycles. The molecule has 0 aliphatic carbocycles. The molecule has 0 heterocycles. The zero-order valence-corrected chi connectivity index (χ0v) is 12.8. The average molecular weight is 292 g/mol. The number of amidine groups is 1. The van der Waals surface area contributed by atoms with Gasteiger partial charge in [-0.15, -0.1) is 0 Å². The molecule has 0 aliphatic rings. The number of nitrogens with zero attached hydrogens (tertiary/aromatic N) is 1. The fourth-order valence-corrected chi connectivity index (χ4v) is 2.12. The van der Waals surface area contributed by atoms with Crippen molar-refractivity contribution < 1.29 is 4.74 Å². The van der Waals surface area contributed by atoms with Crippen LogP contribution in [0.2, 0.25) is 0 Å². The van der Waals surface area contributed by atoms with Gasteiger partial charge in [-0.05, 0) is 43.7 Å². The molecule has 0 atom stereocenters. The molecular formula is C16H28N4O. The van der Waals surface area contributed by atoms with Crippen molar-refractivity contribution in [3.05, 3.63) is 29.8 Å². The van der Waals surface area contributed by atoms with Gasteiger partial charge in [-0.1, -0.05) is 32.1 Å². The van der Waals surface area contributed by atoms with Gasteiger partial charge in [0.25, 0.3) is 0 Å². The topological polar surface area (TPSA) is 99.6 Å². The summed E-state index contributed by atoms with van der Waals surface area (Å²) in [6.45, 7) is 1.57. The number of unbranched alkanes of at least 4 members (excludes halogenated alkanes) is 6. The lowest BCUT2D eigenvalue weighted by atomic mass is 10.1. The predicted molar refractivity (Wildman–Crippen MR) is 88.2 cm³/mol. The summed E-state index contributed by atoms with van der Waals surface area (Å²) in [6, 6.07) is 7.50. The Morgan fingerprint density at radius 3 is 2.05 bits per heavy atom. The molecule has 0 radical (unpaired) electrons. The Bertz CT molecular complexity index is 403. The highest BCUT2D eigenvalue weighted by molar-refractivity contribution is 5.97. The quantitative estimate of drug-likeness (QED) is 0.192. The van der Waals surface area contributed by atoms with Gasteiger partial charge < -0.3 is 22.0 Å². The highest BCUT2D eigenvalue weighted by Gasteiger charge is 1.99. The number of nitrogens with two attached hydrogens (primary N) is 3. The van der Waals surface area contributed by atoms with E-state index in [9.17, 15) is 0 Å². The standard InChI is InChI=1S/C16H28N4O/c17-12-6-4-2-1-3-5-7-13-21-15-10-8-14(9-11-15)16(18)20-19/h8-11H,1-7,12-13,17,19H2,(H2,18,20). The Morgan fingerprint density at radius 1 is 0.905 bits per heavy atom. The third kappa shape index (κ3) is 7.56. The summed E-state index contributed by atoms with van der Waals surface area (Å²) >= 11 is 0. The molecule has 0 saturated heterocycles. The highest BCUT2D eigenvalue weighted by Crippen LogP contribution is 2.13. The van der Waals surface area contributed by atoms with Gasteiger partial charge in [0.2, 0.25) is 0 Å². The molecule has 0 aliphatic heterocycles. The first-order valence-corrected chi connectivity index (χ1v) is 7.74. The summed E-state index contributed by atoms with van der Waals surface area (Å²) in [5.41, 5.74) is 11.9. The third-order valence-electron chi connectivity index (χ3n) is 3.41. The molecule has 1 rings (SSSR count). The molecule has 6 N–H and O–H groups in total. The Morgan fingerprint density at radius 2 is 1.48 bits per heavy atom. The fourth-order valence-electron chi connectivity index (χ4n) is 2.12. The van der Waals surface area contributed by atoms with Crippen LogP contribution in [0.5, 0.6) is 5.75 Å². The SMILES string of the molecule is NCCCCCCCCCOc1ccc(/C(N)=N/N)cc1. The van der Waals surface area contributed by atoms with E-state index in [4.69, 9.17) is 22.0 Å². The second kappa shape index (κ2) is 11.0. The molecule has 0 amide bonds. The van der Waals surface area contributed by atoms with Crippen molar-refractivity contribution in [3.8, 4) is 5.75 Å². The van der Waals surface area contributed by atoms with Crippen molar-refractivity contribution >= 4 is 5.84 Å². The van der Waals surface area contributed by atoms with E-state index in [1.165, 1.54) is 32.1 Å². The van der Waals surface area contributed by atoms with E-state index < -0.39 is 0 Å². The molecule has 5 heteroatoms. The number of hydrazone groups is 1. The van der Waals surface area contributed by atoms with Crippen LogP contribution in [0.1, 0.15) is 50.5 Å². The Hall–Kier alpha value is -1.75. The van der Waals surface area contributed by atoms with Crippen LogP contribution in [0, 0.1) is 0 Å². The van der Waals surface area contributed by atoms with Crippen molar-refractivity contribution in [1.82, 2.24) is 0 Å². The van der Waals surface area contributed by atoms with Gasteiger partial charge in [-0.2, -0.15) is 5.10 Å². The molecule has 0 unspecified atom stereocenters. The normalized spacial score (nSPS) is 11.6. The van der Waals surface area contributed by atoms with Gasteiger partial charge in [0, 0.05) is 5.56 Å². The smallest absolute Gasteiger partial charge is 0.150 e. The molecule has 0 spiro atoms. The maximum atomic E-state index is 5.69. The second-order valence-electron chi connectivity index (χ2n) is 5.15. The predicted octanol–water partition coefficient (Wildman–Crippen LogP) is 2.33. The van der Waals surface area contributed by atoms with Crippen molar-refractivity contribution in [2.24, 2.45) is 22.4 Å². The number of rotatable bonds is 11. The van der Waals surface area contributed by atoms with Crippen molar-refractivity contribution in [3.63, 3.8) is 0 Å². The summed E-state index contributed by atoms with van der Waals surface area (Å²) in [4.78, 5) is 0. The summed E-state index contributed by atoms with van der Waals surface area (Å²) in [7, 11) is 0. The zero-order valence-electron chi connectivity index (χ0n) is 12.8. The minimum Gasteiger partial charge on any atom is -0.494 e. The van der Waals surface area contributed by atoms with E-state index in [1.54, 1.807) is 0 Å². The van der Waals surface area contributed by atoms with E-state index >= 15 is 0 Å². The van der Waals surface area contributed by atoms with Gasteiger partial charge in [-0.3, -0.25) is 0 Å². The molecule has 0 bridgehead atoms. The monoisotopic (exact) mass is 292 g/mol. The molecule has 118 valence electrons. The van der Waals surface area contributed by atoms with E-state index in [0.29, 0.717) is 5.84 Å². The van der Waals surface area contributed by atoms with Crippen molar-refractivity contribution in [2.45, 2.75) is 44.9 Å². The largest absolute Gasteiger partial charge is 0.494 e. The van der Waals surface area contributed by atoms with Gasteiger partial charge in [0.15, 0.2) is 0 Å². The maximum absolute atomic E-state index is 5.69. The lowest BCUT2D eigenvalue weighted by molar-refractivity contribution is 0.304. The van der Waals surface area contributed by atoms with Gasteiger partial charge in [0.1, 0.15) is 11.6 Å². The molecular weight excluding hydrogens is 264 g/mol. The van der Waals surface area contributed by atoms with Crippen LogP contribution in [0.4, 0.5) is 0 Å². The van der Waals surface area contributed by atoms with Crippen LogP contribution in [0.15, 0.2) is 29.4 Å². The van der Waals surface area contributed by atoms with E-state index in [0.717, 1.165) is 37.3 Å². The molecule has 1 aromatic carbocycles. The summed E-state index contributed by atoms with van der Waals surface area (Å²) in [6.07, 6.45) is 8.58. The third-order valence-corrected chi connectivity index (χ3v) is 3.41. The molecule has 1 aromatic rings. The van der Waals surface area contributed by atoms with Crippen LogP contribution in [-0.2, 0) is 0 Å². The highest BCUT2D eigenvalue weighted by atomic mass is 16.5. The summed E-state index contributed by atoms with van der Waals surface area (Å²) in [5, 5.41) is 3.46. The lowest BCUT2D eigenvalue weighted by Crippen LogP contribution is -2.15. The first-order chi connectivity index (χ1) is 10.3. The van der Waals surface area contributed by atoms with Crippen LogP contribution in [-0.4, -0.2) is 19.0 Å². The van der Waals surface area contributed by atoms with E-state index in [1.807, 2.05) is 24.3 Å². The minimum atomic E-state index is 0.330. The number of ether oxygens (including phenoxy) is 1. The van der Waals surface area contributed by atoms with Crippen molar-refractivity contribution in [2.75, 3.05) is 13.2 Å². The maximum Gasteiger partial charge on any atom is 0.150 e. The number of hydrogen-bond acceptors (Lipinski definition) is 4. The molecule has 0 fully saturated rings. The second-order valence-corrected chi connectivity index (χ2v) is 5.15. The minimum absolute atomic E-state index is 0.330. The van der Waals surface area contributed by atoms with E-state index in [2.05, 4.69) is 5.10 Å². The summed E-state index contributed by atoms with van der Waals surface area (Å²) in [5.74, 6) is 6.32. The van der Waals surface area contributed by atoms with Crippen LogP contribution in [0.25, 0.3) is 0 Å². The van der Waals surface area contributed by atoms with Gasteiger partial charge in [-0.25, -0.2) is 0 Å². The first-order valence-electron chi connectivity index (χ1n) is 7.74. The molecule has 5 nitrogen and oxygen atoms in total. The Balaban J connectivity index is 2.08. The van der Waals surface area contributed by atoms with Crippen LogP contribution in [0.3, 0.4) is 0 Å². The van der Waals surface area contributed by atoms with Crippen LogP contribution < -0.4 is 22.0 Å². The summed E-state index contributed by atoms with van der Waals surface area (Å²) < 4.78 is 5.69. The van der Waals surface area contributed by atoms with E-state index in [-0.39, 0.29) is 0 Å². The fraction of sp³-hybridized carbons (Fsp3) is 0.562. The Labute approximate surface area is 127 Å². The lowest BCUT2D eigenvalue weighted by Gasteiger charge is -2.07. The van der Waals surface area contributed by atoms with Gasteiger partial charge >= 0.3 is 0 Å². The van der Waals surface area contributed by atoms with Crippen molar-refractivity contribution in [1.29, 1.82) is 0 Å². The number of benzene rings is 1. The van der Waals surface area contributed by atoms with Crippen LogP contribution >= 0.6 is 0 Å². The first kappa shape index (κ1) is 17.3. The van der Waals surface area contributed by atoms with Gasteiger partial charge in [0.05, 0.1) is 6.61 Å². The molecule has 0 saturated carbocycles. The molecule has 21 heavy (non-hydrogen) atoms. The number of hydrogen-bond donors (Lipinski definition) is 3. The Kier molecular flexibility index (Phi) is 9.04. The average Bonchev–Trinajstić information content (AvgIpc) is 2.53. The zero-order chi connectivity index (χ0) is 15.3.